The summed E-state index contributed by atoms with van der Waals surface area (Å²) in [6.07, 6.45) is 3.81. The molecule has 0 aliphatic heterocycles. The Morgan fingerprint density at radius 1 is 1.39 bits per heavy atom. The van der Waals surface area contributed by atoms with Crippen LogP contribution in [-0.4, -0.2) is 20.1 Å². The molecule has 0 spiro atoms. The fourth-order valence-corrected chi connectivity index (χ4v) is 2.31. The van der Waals surface area contributed by atoms with Crippen molar-refractivity contribution < 1.29 is 0 Å². The van der Waals surface area contributed by atoms with Gasteiger partial charge in [-0.1, -0.05) is 0 Å². The molecular weight excluding hydrogens is 244 g/mol. The van der Waals surface area contributed by atoms with Crippen LogP contribution in [0.2, 0.25) is 0 Å². The normalized spacial score (nSPS) is 12.0. The quantitative estimate of drug-likeness (QED) is 0.923. The van der Waals surface area contributed by atoms with Crippen LogP contribution in [0.15, 0.2) is 17.8 Å². The smallest absolute Gasteiger partial charge is 0.107 e. The first-order valence-corrected chi connectivity index (χ1v) is 6.98. The molecule has 2 rings (SSSR count). The zero-order valence-electron chi connectivity index (χ0n) is 11.4. The highest BCUT2D eigenvalue weighted by Gasteiger charge is 2.10. The number of aromatic nitrogens is 3. The second-order valence-corrected chi connectivity index (χ2v) is 6.38. The Labute approximate surface area is 112 Å². The molecule has 5 heteroatoms. The van der Waals surface area contributed by atoms with E-state index in [9.17, 15) is 0 Å². The minimum absolute atomic E-state index is 0.132. The second kappa shape index (κ2) is 5.20. The van der Waals surface area contributed by atoms with Gasteiger partial charge in [-0.15, -0.1) is 11.3 Å². The summed E-state index contributed by atoms with van der Waals surface area (Å²) in [4.78, 5) is 8.85. The third-order valence-electron chi connectivity index (χ3n) is 2.63. The highest BCUT2D eigenvalue weighted by atomic mass is 32.1. The molecule has 4 nitrogen and oxygen atoms in total. The molecule has 0 aliphatic rings. The molecular formula is C13H20N4S. The second-order valence-electron chi connectivity index (χ2n) is 5.44. The van der Waals surface area contributed by atoms with Gasteiger partial charge in [-0.05, 0) is 27.7 Å². The van der Waals surface area contributed by atoms with E-state index in [-0.39, 0.29) is 5.54 Å². The van der Waals surface area contributed by atoms with E-state index < -0.39 is 0 Å². The van der Waals surface area contributed by atoms with Crippen molar-refractivity contribution in [3.63, 3.8) is 0 Å². The molecule has 0 unspecified atom stereocenters. The number of nitrogens with zero attached hydrogens (tertiary/aromatic N) is 3. The molecule has 0 saturated carbocycles. The van der Waals surface area contributed by atoms with E-state index in [1.807, 2.05) is 19.3 Å². The van der Waals surface area contributed by atoms with E-state index in [1.54, 1.807) is 11.3 Å². The lowest BCUT2D eigenvalue weighted by Gasteiger charge is -2.19. The number of aryl methyl sites for hydroxylation is 1. The number of thiazole rings is 1. The van der Waals surface area contributed by atoms with E-state index in [1.165, 1.54) is 0 Å². The summed E-state index contributed by atoms with van der Waals surface area (Å²) in [5, 5.41) is 6.71. The zero-order valence-corrected chi connectivity index (χ0v) is 12.2. The Kier molecular flexibility index (Phi) is 3.82. The predicted molar refractivity (Wildman–Crippen MR) is 74.8 cm³/mol. The third-order valence-corrected chi connectivity index (χ3v) is 3.52. The summed E-state index contributed by atoms with van der Waals surface area (Å²) in [7, 11) is 0. The van der Waals surface area contributed by atoms with Crippen molar-refractivity contribution in [3.8, 4) is 0 Å². The average Bonchev–Trinajstić information content (AvgIpc) is 2.86. The molecule has 2 aromatic heterocycles. The maximum absolute atomic E-state index is 4.64. The van der Waals surface area contributed by atoms with Gasteiger partial charge in [0.1, 0.15) is 10.8 Å². The number of hydrogen-bond donors (Lipinski definition) is 1. The third kappa shape index (κ3) is 3.65. The van der Waals surface area contributed by atoms with Crippen molar-refractivity contribution in [1.29, 1.82) is 0 Å². The standard InChI is InChI=1S/C13H20N4S/c1-10-14-5-6-17(10)8-11-9-18-12(16-11)7-15-13(2,3)4/h5-6,9,15H,7-8H2,1-4H3. The molecule has 2 aromatic rings. The Hall–Kier alpha value is -1.20. The van der Waals surface area contributed by atoms with Gasteiger partial charge >= 0.3 is 0 Å². The fraction of sp³-hybridized carbons (Fsp3) is 0.538. The molecule has 98 valence electrons. The van der Waals surface area contributed by atoms with Gasteiger partial charge in [-0.25, -0.2) is 9.97 Å². The Bertz CT molecular complexity index is 507. The number of imidazole rings is 1. The Morgan fingerprint density at radius 3 is 2.78 bits per heavy atom. The molecule has 0 aromatic carbocycles. The van der Waals surface area contributed by atoms with Crippen molar-refractivity contribution in [2.45, 2.75) is 46.3 Å². The fourth-order valence-electron chi connectivity index (χ4n) is 1.59. The Morgan fingerprint density at radius 2 is 2.17 bits per heavy atom. The van der Waals surface area contributed by atoms with Crippen molar-refractivity contribution >= 4 is 11.3 Å². The van der Waals surface area contributed by atoms with Gasteiger partial charge in [0.2, 0.25) is 0 Å². The lowest BCUT2D eigenvalue weighted by Crippen LogP contribution is -2.35. The first-order chi connectivity index (χ1) is 8.44. The summed E-state index contributed by atoms with van der Waals surface area (Å²) >= 11 is 1.71. The largest absolute Gasteiger partial charge is 0.329 e. The SMILES string of the molecule is Cc1nccn1Cc1csc(CNC(C)(C)C)n1. The van der Waals surface area contributed by atoms with Crippen LogP contribution in [0.3, 0.4) is 0 Å². The summed E-state index contributed by atoms with van der Waals surface area (Å²) in [5.74, 6) is 1.03. The minimum atomic E-state index is 0.132. The highest BCUT2D eigenvalue weighted by molar-refractivity contribution is 7.09. The van der Waals surface area contributed by atoms with Crippen LogP contribution in [0.5, 0.6) is 0 Å². The topological polar surface area (TPSA) is 42.7 Å². The van der Waals surface area contributed by atoms with Crippen LogP contribution in [0, 0.1) is 6.92 Å². The maximum Gasteiger partial charge on any atom is 0.107 e. The molecule has 0 radical (unpaired) electrons. The van der Waals surface area contributed by atoms with E-state index >= 15 is 0 Å². The molecule has 2 heterocycles. The van der Waals surface area contributed by atoms with E-state index in [0.29, 0.717) is 0 Å². The summed E-state index contributed by atoms with van der Waals surface area (Å²) in [6, 6.07) is 0. The summed E-state index contributed by atoms with van der Waals surface area (Å²) in [6.45, 7) is 10.1. The number of rotatable bonds is 4. The summed E-state index contributed by atoms with van der Waals surface area (Å²) in [5.41, 5.74) is 1.24. The highest BCUT2D eigenvalue weighted by Crippen LogP contribution is 2.13. The van der Waals surface area contributed by atoms with Gasteiger partial charge < -0.3 is 9.88 Å². The van der Waals surface area contributed by atoms with Gasteiger partial charge in [0.25, 0.3) is 0 Å². The van der Waals surface area contributed by atoms with Crippen LogP contribution in [0.25, 0.3) is 0 Å². The van der Waals surface area contributed by atoms with Crippen molar-refractivity contribution in [2.75, 3.05) is 0 Å². The molecule has 0 fully saturated rings. The maximum atomic E-state index is 4.64. The number of nitrogens with one attached hydrogen (secondary N) is 1. The molecule has 18 heavy (non-hydrogen) atoms. The zero-order chi connectivity index (χ0) is 13.2. The molecule has 0 saturated heterocycles. The van der Waals surface area contributed by atoms with Gasteiger partial charge in [0, 0.05) is 29.9 Å². The van der Waals surface area contributed by atoms with E-state index in [2.05, 4.69) is 46.0 Å². The van der Waals surface area contributed by atoms with Gasteiger partial charge in [-0.2, -0.15) is 0 Å². The minimum Gasteiger partial charge on any atom is -0.329 e. The summed E-state index contributed by atoms with van der Waals surface area (Å²) < 4.78 is 2.11. The van der Waals surface area contributed by atoms with Gasteiger partial charge in [0.05, 0.1) is 12.2 Å². The predicted octanol–water partition coefficient (Wildman–Crippen LogP) is 2.58. The molecule has 0 aliphatic carbocycles. The van der Waals surface area contributed by atoms with Crippen LogP contribution < -0.4 is 5.32 Å². The van der Waals surface area contributed by atoms with E-state index in [4.69, 9.17) is 0 Å². The van der Waals surface area contributed by atoms with Gasteiger partial charge in [0.15, 0.2) is 0 Å². The van der Waals surface area contributed by atoms with Gasteiger partial charge in [-0.3, -0.25) is 0 Å². The average molecular weight is 264 g/mol. The van der Waals surface area contributed by atoms with Crippen molar-refractivity contribution in [1.82, 2.24) is 19.9 Å². The van der Waals surface area contributed by atoms with Crippen molar-refractivity contribution in [2.24, 2.45) is 0 Å². The molecule has 0 atom stereocenters. The molecule has 0 amide bonds. The Balaban J connectivity index is 1.96. The van der Waals surface area contributed by atoms with Crippen LogP contribution >= 0.6 is 11.3 Å². The van der Waals surface area contributed by atoms with E-state index in [0.717, 1.165) is 29.6 Å². The van der Waals surface area contributed by atoms with Crippen LogP contribution in [0.1, 0.15) is 37.3 Å². The monoisotopic (exact) mass is 264 g/mol. The molecule has 1 N–H and O–H groups in total. The van der Waals surface area contributed by atoms with Crippen LogP contribution in [-0.2, 0) is 13.1 Å². The van der Waals surface area contributed by atoms with Crippen LogP contribution in [0.4, 0.5) is 0 Å². The molecule has 0 bridgehead atoms. The first kappa shape index (κ1) is 13.2. The lowest BCUT2D eigenvalue weighted by atomic mass is 10.1. The number of hydrogen-bond acceptors (Lipinski definition) is 4. The lowest BCUT2D eigenvalue weighted by molar-refractivity contribution is 0.423. The first-order valence-electron chi connectivity index (χ1n) is 6.10. The van der Waals surface area contributed by atoms with Crippen molar-refractivity contribution in [3.05, 3.63) is 34.3 Å².